The highest BCUT2D eigenvalue weighted by atomic mass is 35.5. The number of hydrogen-bond donors (Lipinski definition) is 3. The van der Waals surface area contributed by atoms with Gasteiger partial charge >= 0.3 is 0 Å². The third kappa shape index (κ3) is 9.31. The molecule has 0 saturated carbocycles. The number of ether oxygens (including phenoxy) is 1. The van der Waals surface area contributed by atoms with Crippen LogP contribution in [0.4, 0.5) is 10.8 Å². The van der Waals surface area contributed by atoms with Crippen molar-refractivity contribution in [2.24, 2.45) is 0 Å². The highest BCUT2D eigenvalue weighted by Crippen LogP contribution is 2.37. The molecule has 1 atom stereocenters. The van der Waals surface area contributed by atoms with Gasteiger partial charge in [0.05, 0.1) is 12.8 Å². The fourth-order valence-corrected chi connectivity index (χ4v) is 6.86. The van der Waals surface area contributed by atoms with Crippen LogP contribution in [-0.4, -0.2) is 29.8 Å². The van der Waals surface area contributed by atoms with Crippen LogP contribution in [0.3, 0.4) is 0 Å². The number of rotatable bonds is 12. The van der Waals surface area contributed by atoms with E-state index < -0.39 is 17.1 Å². The van der Waals surface area contributed by atoms with Gasteiger partial charge in [0.2, 0.25) is 5.91 Å². The average Bonchev–Trinajstić information content (AvgIpc) is 3.63. The topological polar surface area (TPSA) is 109 Å². The van der Waals surface area contributed by atoms with Gasteiger partial charge in [0.25, 0.3) is 11.8 Å². The van der Waals surface area contributed by atoms with Crippen LogP contribution >= 0.6 is 34.7 Å². The highest BCUT2D eigenvalue weighted by molar-refractivity contribution is 8.00. The zero-order valence-corrected chi connectivity index (χ0v) is 29.6. The molecule has 0 aliphatic carbocycles. The number of thioether (sulfide) groups is 1. The van der Waals surface area contributed by atoms with Gasteiger partial charge in [-0.25, -0.2) is 4.98 Å². The van der Waals surface area contributed by atoms with E-state index in [9.17, 15) is 14.4 Å². The molecule has 11 heteroatoms. The summed E-state index contributed by atoms with van der Waals surface area (Å²) in [5.74, 6) is -0.621. The Bertz CT molecular complexity index is 2160. The van der Waals surface area contributed by atoms with E-state index in [-0.39, 0.29) is 11.6 Å². The monoisotopic (exact) mass is 730 g/mol. The molecule has 0 saturated heterocycles. The lowest BCUT2D eigenvalue weighted by Gasteiger charge is -2.17. The van der Waals surface area contributed by atoms with E-state index in [1.165, 1.54) is 30.2 Å². The van der Waals surface area contributed by atoms with Crippen molar-refractivity contribution in [3.05, 3.63) is 166 Å². The summed E-state index contributed by atoms with van der Waals surface area (Å²) in [5, 5.41) is 11.0. The van der Waals surface area contributed by atoms with Gasteiger partial charge < -0.3 is 20.7 Å². The molecular weight excluding hydrogens is 700 g/mol. The number of nitrogens with zero attached hydrogens (tertiary/aromatic N) is 1. The largest absolute Gasteiger partial charge is 0.496 e. The summed E-state index contributed by atoms with van der Waals surface area (Å²) in [5.41, 5.74) is 4.04. The predicted octanol–water partition coefficient (Wildman–Crippen LogP) is 9.35. The summed E-state index contributed by atoms with van der Waals surface area (Å²) < 4.78 is 5.46. The average molecular weight is 731 g/mol. The fourth-order valence-electron chi connectivity index (χ4n) is 4.99. The number of halogens is 1. The Kier molecular flexibility index (Phi) is 11.6. The standard InChI is InChI=1S/C40H31ClN4O4S2/c1-49-35-15-9-8-14-29(35)24-33(43-37(46)28-12-6-3-7-13-28)38(47)42-31-20-22-32(23-21-31)51-36(27-10-4-2-5-11-27)39(48)45-40-44-34(25-50-40)26-16-18-30(41)19-17-26/h2-25,36H,1H3,(H,42,47)(H,43,46)(H,44,45,48)/b33-24-. The van der Waals surface area contributed by atoms with Crippen molar-refractivity contribution in [1.29, 1.82) is 0 Å². The second kappa shape index (κ2) is 16.8. The van der Waals surface area contributed by atoms with E-state index >= 15 is 0 Å². The number of hydrogen-bond acceptors (Lipinski definition) is 7. The number of carbonyl (C=O) groups is 3. The summed E-state index contributed by atoms with van der Waals surface area (Å²) >= 11 is 8.75. The molecule has 8 nitrogen and oxygen atoms in total. The van der Waals surface area contributed by atoms with Gasteiger partial charge in [0, 0.05) is 37.7 Å². The molecule has 6 rings (SSSR count). The number of aromatic nitrogens is 1. The maximum absolute atomic E-state index is 13.7. The first-order valence-corrected chi connectivity index (χ1v) is 17.9. The Labute approximate surface area is 308 Å². The van der Waals surface area contributed by atoms with Gasteiger partial charge in [0.15, 0.2) is 5.13 Å². The minimum atomic E-state index is -0.585. The van der Waals surface area contributed by atoms with Crippen molar-refractivity contribution >= 4 is 69.3 Å². The van der Waals surface area contributed by atoms with Crippen molar-refractivity contribution in [1.82, 2.24) is 10.3 Å². The number of carbonyl (C=O) groups excluding carboxylic acids is 3. The molecule has 1 aromatic heterocycles. The van der Waals surface area contributed by atoms with E-state index in [1.54, 1.807) is 66.7 Å². The van der Waals surface area contributed by atoms with Crippen LogP contribution in [0.15, 0.2) is 149 Å². The minimum absolute atomic E-state index is 0.0361. The highest BCUT2D eigenvalue weighted by Gasteiger charge is 2.24. The molecule has 0 aliphatic rings. The summed E-state index contributed by atoms with van der Waals surface area (Å²) in [7, 11) is 1.54. The molecule has 254 valence electrons. The molecule has 0 spiro atoms. The van der Waals surface area contributed by atoms with E-state index in [2.05, 4.69) is 20.9 Å². The van der Waals surface area contributed by atoms with Crippen molar-refractivity contribution < 1.29 is 19.1 Å². The van der Waals surface area contributed by atoms with Crippen molar-refractivity contribution in [2.75, 3.05) is 17.7 Å². The van der Waals surface area contributed by atoms with Crippen LogP contribution in [0.5, 0.6) is 5.75 Å². The zero-order valence-electron chi connectivity index (χ0n) is 27.2. The summed E-state index contributed by atoms with van der Waals surface area (Å²) in [4.78, 5) is 45.8. The molecule has 51 heavy (non-hydrogen) atoms. The second-order valence-corrected chi connectivity index (χ2v) is 13.5. The number of benzene rings is 5. The Morgan fingerprint density at radius 1 is 0.804 bits per heavy atom. The van der Waals surface area contributed by atoms with E-state index in [0.29, 0.717) is 32.7 Å². The van der Waals surface area contributed by atoms with E-state index in [1.807, 2.05) is 78.2 Å². The third-order valence-corrected chi connectivity index (χ3v) is 9.82. The lowest BCUT2D eigenvalue weighted by Crippen LogP contribution is -2.30. The van der Waals surface area contributed by atoms with Crippen LogP contribution in [0.25, 0.3) is 17.3 Å². The molecular formula is C40H31ClN4O4S2. The molecule has 1 unspecified atom stereocenters. The second-order valence-electron chi connectivity index (χ2n) is 11.0. The van der Waals surface area contributed by atoms with Crippen LogP contribution in [0.1, 0.15) is 26.7 Å². The van der Waals surface area contributed by atoms with Crippen LogP contribution in [0.2, 0.25) is 5.02 Å². The normalized spacial score (nSPS) is 11.7. The number of methoxy groups -OCH3 is 1. The molecule has 0 aliphatic heterocycles. The predicted molar refractivity (Wildman–Crippen MR) is 206 cm³/mol. The number of nitrogens with one attached hydrogen (secondary N) is 3. The molecule has 0 radical (unpaired) electrons. The lowest BCUT2D eigenvalue weighted by molar-refractivity contribution is -0.116. The number of para-hydroxylation sites is 1. The quantitative estimate of drug-likeness (QED) is 0.0856. The van der Waals surface area contributed by atoms with Gasteiger partial charge in [0.1, 0.15) is 16.7 Å². The summed E-state index contributed by atoms with van der Waals surface area (Å²) in [6.07, 6.45) is 1.57. The van der Waals surface area contributed by atoms with Crippen molar-refractivity contribution in [2.45, 2.75) is 10.1 Å². The number of thiazole rings is 1. The summed E-state index contributed by atoms with van der Waals surface area (Å²) in [6.45, 7) is 0. The first-order chi connectivity index (χ1) is 24.9. The molecule has 0 bridgehead atoms. The Morgan fingerprint density at radius 2 is 1.47 bits per heavy atom. The maximum atomic E-state index is 13.7. The molecule has 6 aromatic rings. The lowest BCUT2D eigenvalue weighted by atomic mass is 10.1. The van der Waals surface area contributed by atoms with Gasteiger partial charge in [-0.3, -0.25) is 14.4 Å². The maximum Gasteiger partial charge on any atom is 0.272 e. The van der Waals surface area contributed by atoms with Crippen LogP contribution in [0, 0.1) is 0 Å². The molecule has 3 amide bonds. The van der Waals surface area contributed by atoms with Crippen LogP contribution in [-0.2, 0) is 9.59 Å². The number of amides is 3. The Morgan fingerprint density at radius 3 is 2.18 bits per heavy atom. The summed E-state index contributed by atoms with van der Waals surface area (Å²) in [6, 6.07) is 39.9. The SMILES string of the molecule is COc1ccccc1/C=C(\NC(=O)c1ccccc1)C(=O)Nc1ccc(SC(C(=O)Nc2nc(-c3ccc(Cl)cc3)cs2)c2ccccc2)cc1. The molecule has 1 heterocycles. The molecule has 3 N–H and O–H groups in total. The van der Waals surface area contributed by atoms with Gasteiger partial charge in [-0.15, -0.1) is 23.1 Å². The van der Waals surface area contributed by atoms with E-state index in [4.69, 9.17) is 16.3 Å². The first kappa shape index (κ1) is 35.2. The molecule has 0 fully saturated rings. The molecule has 5 aromatic carbocycles. The van der Waals surface area contributed by atoms with Gasteiger partial charge in [-0.2, -0.15) is 0 Å². The third-order valence-electron chi connectivity index (χ3n) is 7.55. The Balaban J connectivity index is 1.18. The first-order valence-electron chi connectivity index (χ1n) is 15.7. The van der Waals surface area contributed by atoms with Gasteiger partial charge in [-0.05, 0) is 66.2 Å². The Hall–Kier alpha value is -5.68. The minimum Gasteiger partial charge on any atom is -0.496 e. The van der Waals surface area contributed by atoms with Crippen molar-refractivity contribution in [3.63, 3.8) is 0 Å². The van der Waals surface area contributed by atoms with Crippen LogP contribution < -0.4 is 20.7 Å². The number of anilines is 2. The zero-order chi connectivity index (χ0) is 35.6. The fraction of sp³-hybridized carbons (Fsp3) is 0.0500. The van der Waals surface area contributed by atoms with Gasteiger partial charge in [-0.1, -0.05) is 90.5 Å². The van der Waals surface area contributed by atoms with E-state index in [0.717, 1.165) is 21.7 Å². The van der Waals surface area contributed by atoms with Crippen molar-refractivity contribution in [3.8, 4) is 17.0 Å². The smallest absolute Gasteiger partial charge is 0.272 e.